The lowest BCUT2D eigenvalue weighted by molar-refractivity contribution is -0.128. The number of aromatic nitrogens is 2. The van der Waals surface area contributed by atoms with Gasteiger partial charge in [-0.25, -0.2) is 4.39 Å². The molecule has 2 saturated heterocycles. The van der Waals surface area contributed by atoms with Gasteiger partial charge in [0.15, 0.2) is 0 Å². The largest absolute Gasteiger partial charge is 0.457 e. The molecule has 41 heavy (non-hydrogen) atoms. The second-order valence-corrected chi connectivity index (χ2v) is 11.1. The molecule has 10 heteroatoms. The summed E-state index contributed by atoms with van der Waals surface area (Å²) in [5.74, 6) is 0.334. The highest BCUT2D eigenvalue weighted by molar-refractivity contribution is 5.95. The highest BCUT2D eigenvalue weighted by Crippen LogP contribution is 2.32. The van der Waals surface area contributed by atoms with Gasteiger partial charge >= 0.3 is 0 Å². The van der Waals surface area contributed by atoms with Gasteiger partial charge < -0.3 is 20.3 Å². The maximum Gasteiger partial charge on any atom is 0.254 e. The summed E-state index contributed by atoms with van der Waals surface area (Å²) < 4.78 is 21.5. The third-order valence-electron chi connectivity index (χ3n) is 7.49. The molecule has 3 heterocycles. The van der Waals surface area contributed by atoms with Crippen LogP contribution in [0.25, 0.3) is 11.3 Å². The number of amides is 2. The van der Waals surface area contributed by atoms with Crippen molar-refractivity contribution >= 4 is 24.2 Å². The molecule has 1 aromatic heterocycles. The number of carbonyl (C=O) groups is 2. The Morgan fingerprint density at radius 1 is 1.12 bits per heavy atom. The molecule has 0 radical (unpaired) electrons. The number of piperidine rings is 1. The van der Waals surface area contributed by atoms with E-state index in [1.807, 2.05) is 31.2 Å². The Morgan fingerprint density at radius 3 is 2.46 bits per heavy atom. The minimum atomic E-state index is -0.632. The number of hydrogen-bond acceptors (Lipinski definition) is 6. The van der Waals surface area contributed by atoms with Gasteiger partial charge in [-0.1, -0.05) is 20.8 Å². The lowest BCUT2D eigenvalue weighted by atomic mass is 10.0. The van der Waals surface area contributed by atoms with E-state index in [0.717, 1.165) is 42.9 Å². The molecule has 2 aliphatic heterocycles. The minimum Gasteiger partial charge on any atom is -0.457 e. The van der Waals surface area contributed by atoms with E-state index < -0.39 is 11.7 Å². The standard InChI is InChI=1S/C31H36FN5O3.ClH/c1-19(2)27-8-9-28(36-35-27)21-4-6-24(7-5-21)40-29-16-25(31(39)34-23-10-12-33-13-11-23)26(32)15-22(29)18-37-17-20(3)14-30(37)38;/h4-9,15-16,19-20,23,33H,10-14,17-18H2,1-3H3,(H,34,39);1H. The van der Waals surface area contributed by atoms with Crippen molar-refractivity contribution in [3.8, 4) is 22.8 Å². The van der Waals surface area contributed by atoms with Crippen molar-refractivity contribution in [2.75, 3.05) is 19.6 Å². The van der Waals surface area contributed by atoms with Crippen LogP contribution in [0.4, 0.5) is 4.39 Å². The first-order chi connectivity index (χ1) is 19.3. The van der Waals surface area contributed by atoms with Crippen LogP contribution >= 0.6 is 12.4 Å². The molecule has 1 unspecified atom stereocenters. The smallest absolute Gasteiger partial charge is 0.254 e. The van der Waals surface area contributed by atoms with E-state index in [0.29, 0.717) is 35.9 Å². The van der Waals surface area contributed by atoms with Crippen LogP contribution in [0, 0.1) is 11.7 Å². The van der Waals surface area contributed by atoms with E-state index in [2.05, 4.69) is 34.7 Å². The molecule has 0 bridgehead atoms. The van der Waals surface area contributed by atoms with Crippen molar-refractivity contribution in [2.24, 2.45) is 5.92 Å². The normalized spacial score (nSPS) is 17.4. The van der Waals surface area contributed by atoms with Crippen LogP contribution in [-0.2, 0) is 11.3 Å². The summed E-state index contributed by atoms with van der Waals surface area (Å²) >= 11 is 0. The highest BCUT2D eigenvalue weighted by atomic mass is 35.5. The zero-order chi connectivity index (χ0) is 28.2. The van der Waals surface area contributed by atoms with Gasteiger partial charge in [-0.15, -0.1) is 12.4 Å². The Balaban J connectivity index is 0.00000387. The lowest BCUT2D eigenvalue weighted by Crippen LogP contribution is -2.42. The summed E-state index contributed by atoms with van der Waals surface area (Å²) in [4.78, 5) is 27.2. The second kappa shape index (κ2) is 13.4. The molecule has 2 aromatic carbocycles. The SMILES string of the molecule is CC1CC(=O)N(Cc2cc(F)c(C(=O)NC3CCNCC3)cc2Oc2ccc(-c3ccc(C(C)C)nn3)cc2)C1.Cl. The molecular formula is C31H37ClFN5O3. The van der Waals surface area contributed by atoms with E-state index >= 15 is 4.39 Å². The van der Waals surface area contributed by atoms with Gasteiger partial charge in [0.1, 0.15) is 17.3 Å². The van der Waals surface area contributed by atoms with E-state index in [1.165, 1.54) is 12.1 Å². The van der Waals surface area contributed by atoms with Crippen LogP contribution in [0.1, 0.15) is 67.6 Å². The van der Waals surface area contributed by atoms with Crippen molar-refractivity contribution in [3.05, 3.63) is 71.2 Å². The molecule has 218 valence electrons. The van der Waals surface area contributed by atoms with Crippen LogP contribution in [0.15, 0.2) is 48.5 Å². The number of nitrogens with zero attached hydrogens (tertiary/aromatic N) is 3. The van der Waals surface area contributed by atoms with Gasteiger partial charge in [-0.3, -0.25) is 9.59 Å². The number of nitrogens with one attached hydrogen (secondary N) is 2. The van der Waals surface area contributed by atoms with Crippen LogP contribution in [0.5, 0.6) is 11.5 Å². The number of halogens is 2. The number of likely N-dealkylation sites (tertiary alicyclic amines) is 1. The monoisotopic (exact) mass is 581 g/mol. The fraction of sp³-hybridized carbons (Fsp3) is 0.419. The third kappa shape index (κ3) is 7.40. The van der Waals surface area contributed by atoms with Gasteiger partial charge in [0.2, 0.25) is 5.91 Å². The van der Waals surface area contributed by atoms with Crippen LogP contribution in [-0.4, -0.2) is 52.6 Å². The van der Waals surface area contributed by atoms with Crippen LogP contribution < -0.4 is 15.4 Å². The second-order valence-electron chi connectivity index (χ2n) is 11.1. The fourth-order valence-electron chi connectivity index (χ4n) is 5.17. The molecule has 2 fully saturated rings. The molecule has 2 amide bonds. The summed E-state index contributed by atoms with van der Waals surface area (Å²) in [5, 5.41) is 14.9. The number of carbonyl (C=O) groups excluding carboxylic acids is 2. The average molecular weight is 582 g/mol. The van der Waals surface area contributed by atoms with Gasteiger partial charge in [0.05, 0.1) is 17.0 Å². The summed E-state index contributed by atoms with van der Waals surface area (Å²) in [7, 11) is 0. The first-order valence-corrected chi connectivity index (χ1v) is 14.0. The minimum absolute atomic E-state index is 0. The van der Waals surface area contributed by atoms with E-state index in [4.69, 9.17) is 4.74 Å². The zero-order valence-electron chi connectivity index (χ0n) is 23.7. The predicted octanol–water partition coefficient (Wildman–Crippen LogP) is 5.47. The Hall–Kier alpha value is -3.56. The predicted molar refractivity (Wildman–Crippen MR) is 158 cm³/mol. The van der Waals surface area contributed by atoms with Crippen molar-refractivity contribution in [3.63, 3.8) is 0 Å². The summed E-state index contributed by atoms with van der Waals surface area (Å²) in [5.41, 5.74) is 3.00. The Bertz CT molecular complexity index is 1360. The van der Waals surface area contributed by atoms with Gasteiger partial charge in [-0.2, -0.15) is 10.2 Å². The first-order valence-electron chi connectivity index (χ1n) is 14.0. The average Bonchev–Trinajstić information content (AvgIpc) is 3.27. The fourth-order valence-corrected chi connectivity index (χ4v) is 5.17. The molecule has 5 rings (SSSR count). The van der Waals surface area contributed by atoms with Gasteiger partial charge in [0, 0.05) is 36.7 Å². The number of rotatable bonds is 8. The molecule has 0 saturated carbocycles. The summed E-state index contributed by atoms with van der Waals surface area (Å²) in [6.07, 6.45) is 2.06. The molecule has 3 aromatic rings. The number of ether oxygens (including phenoxy) is 1. The maximum atomic E-state index is 15.3. The van der Waals surface area contributed by atoms with Crippen LogP contribution in [0.3, 0.4) is 0 Å². The van der Waals surface area contributed by atoms with Gasteiger partial charge in [-0.05, 0) is 86.3 Å². The first kappa shape index (κ1) is 30.4. The van der Waals surface area contributed by atoms with E-state index in [1.54, 1.807) is 17.0 Å². The molecule has 8 nitrogen and oxygen atoms in total. The molecule has 0 aliphatic carbocycles. The molecule has 2 aliphatic rings. The lowest BCUT2D eigenvalue weighted by Gasteiger charge is -2.24. The molecule has 2 N–H and O–H groups in total. The number of hydrogen-bond donors (Lipinski definition) is 2. The van der Waals surface area contributed by atoms with Crippen molar-refractivity contribution < 1.29 is 18.7 Å². The third-order valence-corrected chi connectivity index (χ3v) is 7.49. The van der Waals surface area contributed by atoms with Crippen molar-refractivity contribution in [1.29, 1.82) is 0 Å². The van der Waals surface area contributed by atoms with E-state index in [9.17, 15) is 9.59 Å². The highest BCUT2D eigenvalue weighted by Gasteiger charge is 2.28. The van der Waals surface area contributed by atoms with Gasteiger partial charge in [0.25, 0.3) is 5.91 Å². The molecular weight excluding hydrogens is 545 g/mol. The Morgan fingerprint density at radius 2 is 1.85 bits per heavy atom. The molecule has 1 atom stereocenters. The zero-order valence-corrected chi connectivity index (χ0v) is 24.5. The van der Waals surface area contributed by atoms with E-state index in [-0.39, 0.29) is 42.4 Å². The summed E-state index contributed by atoms with van der Waals surface area (Å²) in [6.45, 7) is 8.60. The molecule has 0 spiro atoms. The Kier molecular flexibility index (Phi) is 9.94. The van der Waals surface area contributed by atoms with Crippen LogP contribution in [0.2, 0.25) is 0 Å². The quantitative estimate of drug-likeness (QED) is 0.366. The Labute approximate surface area is 246 Å². The van der Waals surface area contributed by atoms with Crippen molar-refractivity contribution in [2.45, 2.75) is 58.5 Å². The summed E-state index contributed by atoms with van der Waals surface area (Å²) in [6, 6.07) is 14.1. The number of benzene rings is 2. The maximum absolute atomic E-state index is 15.3. The topological polar surface area (TPSA) is 96.5 Å². The van der Waals surface area contributed by atoms with Crippen molar-refractivity contribution in [1.82, 2.24) is 25.7 Å².